The minimum Gasteiger partial charge on any atom is -0.481 e. The summed E-state index contributed by atoms with van der Waals surface area (Å²) in [5, 5.41) is 8.59. The fraction of sp³-hybridized carbons (Fsp3) is 0.0909. The lowest BCUT2D eigenvalue weighted by Gasteiger charge is -2.00. The van der Waals surface area contributed by atoms with Gasteiger partial charge in [-0.25, -0.2) is 9.97 Å². The first-order valence-electron chi connectivity index (χ1n) is 4.69. The maximum atomic E-state index is 10.5. The number of aromatic nitrogens is 3. The van der Waals surface area contributed by atoms with Gasteiger partial charge in [-0.05, 0) is 17.7 Å². The molecule has 2 heterocycles. The topological polar surface area (TPSA) is 76.0 Å². The highest BCUT2D eigenvalue weighted by molar-refractivity contribution is 5.70. The molecule has 0 fully saturated rings. The van der Waals surface area contributed by atoms with Crippen LogP contribution in [0.4, 0.5) is 0 Å². The summed E-state index contributed by atoms with van der Waals surface area (Å²) in [7, 11) is 0. The van der Waals surface area contributed by atoms with Crippen molar-refractivity contribution in [3.63, 3.8) is 0 Å². The Morgan fingerprint density at radius 2 is 2.00 bits per heavy atom. The second kappa shape index (κ2) is 4.48. The summed E-state index contributed by atoms with van der Waals surface area (Å²) in [5.41, 5.74) is 1.39. The number of pyridine rings is 1. The van der Waals surface area contributed by atoms with E-state index in [2.05, 4.69) is 15.0 Å². The van der Waals surface area contributed by atoms with Crippen molar-refractivity contribution in [1.29, 1.82) is 0 Å². The van der Waals surface area contributed by atoms with E-state index in [0.29, 0.717) is 11.4 Å². The van der Waals surface area contributed by atoms with Crippen LogP contribution in [0.15, 0.2) is 36.9 Å². The van der Waals surface area contributed by atoms with E-state index in [-0.39, 0.29) is 6.42 Å². The highest BCUT2D eigenvalue weighted by Crippen LogP contribution is 2.11. The Morgan fingerprint density at radius 1 is 1.25 bits per heavy atom. The highest BCUT2D eigenvalue weighted by Gasteiger charge is 2.03. The van der Waals surface area contributed by atoms with Crippen LogP contribution in [0.2, 0.25) is 0 Å². The Balaban J connectivity index is 2.23. The van der Waals surface area contributed by atoms with E-state index < -0.39 is 5.97 Å². The zero-order valence-electron chi connectivity index (χ0n) is 8.37. The molecule has 0 unspecified atom stereocenters. The molecule has 0 aliphatic rings. The molecule has 80 valence electrons. The monoisotopic (exact) mass is 215 g/mol. The van der Waals surface area contributed by atoms with Gasteiger partial charge in [0, 0.05) is 30.4 Å². The molecule has 16 heavy (non-hydrogen) atoms. The van der Waals surface area contributed by atoms with Gasteiger partial charge in [0.2, 0.25) is 0 Å². The van der Waals surface area contributed by atoms with Crippen LogP contribution < -0.4 is 0 Å². The molecular formula is C11H9N3O2. The molecule has 0 radical (unpaired) electrons. The molecule has 0 amide bonds. The number of hydrogen-bond acceptors (Lipinski definition) is 4. The fourth-order valence-electron chi connectivity index (χ4n) is 1.26. The summed E-state index contributed by atoms with van der Waals surface area (Å²) in [6.07, 6.45) is 6.30. The first-order valence-corrected chi connectivity index (χ1v) is 4.69. The normalized spacial score (nSPS) is 10.0. The molecule has 2 aromatic heterocycles. The lowest BCUT2D eigenvalue weighted by atomic mass is 10.2. The molecule has 5 heteroatoms. The molecule has 0 bridgehead atoms. The van der Waals surface area contributed by atoms with E-state index in [1.807, 2.05) is 6.07 Å². The van der Waals surface area contributed by atoms with Crippen LogP contribution >= 0.6 is 0 Å². The van der Waals surface area contributed by atoms with Crippen LogP contribution in [0.5, 0.6) is 0 Å². The Kier molecular flexibility index (Phi) is 2.86. The molecule has 0 saturated carbocycles. The van der Waals surface area contributed by atoms with Crippen molar-refractivity contribution >= 4 is 5.97 Å². The van der Waals surface area contributed by atoms with Crippen molar-refractivity contribution < 1.29 is 9.90 Å². The second-order valence-electron chi connectivity index (χ2n) is 3.23. The number of carbonyl (C=O) groups is 1. The molecule has 5 nitrogen and oxygen atoms in total. The van der Waals surface area contributed by atoms with Crippen LogP contribution in [0.1, 0.15) is 5.56 Å². The van der Waals surface area contributed by atoms with Crippen molar-refractivity contribution in [1.82, 2.24) is 15.0 Å². The van der Waals surface area contributed by atoms with Gasteiger partial charge in [0.15, 0.2) is 5.82 Å². The quantitative estimate of drug-likeness (QED) is 0.831. The fourth-order valence-corrected chi connectivity index (χ4v) is 1.26. The third-order valence-corrected chi connectivity index (χ3v) is 1.98. The minimum absolute atomic E-state index is 0.0622. The average molecular weight is 215 g/mol. The molecule has 0 spiro atoms. The second-order valence-corrected chi connectivity index (χ2v) is 3.23. The number of hydrogen-bond donors (Lipinski definition) is 1. The molecule has 0 aliphatic carbocycles. The number of carboxylic acid groups (broad SMARTS) is 1. The lowest BCUT2D eigenvalue weighted by Crippen LogP contribution is -2.01. The minimum atomic E-state index is -0.891. The highest BCUT2D eigenvalue weighted by atomic mass is 16.4. The van der Waals surface area contributed by atoms with Gasteiger partial charge in [0.25, 0.3) is 0 Å². The van der Waals surface area contributed by atoms with Crippen LogP contribution in [-0.2, 0) is 11.2 Å². The summed E-state index contributed by atoms with van der Waals surface area (Å²) >= 11 is 0. The van der Waals surface area contributed by atoms with Crippen molar-refractivity contribution in [2.75, 3.05) is 0 Å². The standard InChI is InChI=1S/C11H9N3O2/c15-10(16)4-8-5-13-11(14-6-8)9-2-1-3-12-7-9/h1-3,5-7H,4H2,(H,15,16). The van der Waals surface area contributed by atoms with E-state index in [1.54, 1.807) is 18.5 Å². The van der Waals surface area contributed by atoms with Crippen molar-refractivity contribution in [3.05, 3.63) is 42.5 Å². The number of carboxylic acids is 1. The van der Waals surface area contributed by atoms with E-state index >= 15 is 0 Å². The third-order valence-electron chi connectivity index (χ3n) is 1.98. The van der Waals surface area contributed by atoms with E-state index in [4.69, 9.17) is 5.11 Å². The molecule has 2 rings (SSSR count). The van der Waals surface area contributed by atoms with Gasteiger partial charge < -0.3 is 5.11 Å². The summed E-state index contributed by atoms with van der Waals surface area (Å²) < 4.78 is 0. The predicted molar refractivity (Wildman–Crippen MR) is 56.6 cm³/mol. The Morgan fingerprint density at radius 3 is 2.56 bits per heavy atom. The van der Waals surface area contributed by atoms with Gasteiger partial charge in [0.1, 0.15) is 0 Å². The average Bonchev–Trinajstić information content (AvgIpc) is 2.30. The first-order chi connectivity index (χ1) is 7.75. The molecule has 0 saturated heterocycles. The van der Waals surface area contributed by atoms with Gasteiger partial charge >= 0.3 is 5.97 Å². The zero-order chi connectivity index (χ0) is 11.4. The summed E-state index contributed by atoms with van der Waals surface area (Å²) in [5.74, 6) is -0.347. The third kappa shape index (κ3) is 2.38. The maximum Gasteiger partial charge on any atom is 0.307 e. The molecular weight excluding hydrogens is 206 g/mol. The van der Waals surface area contributed by atoms with Crippen LogP contribution in [0, 0.1) is 0 Å². The Bertz CT molecular complexity index is 482. The number of nitrogens with zero attached hydrogens (tertiary/aromatic N) is 3. The molecule has 0 aromatic carbocycles. The van der Waals surface area contributed by atoms with Crippen LogP contribution in [-0.4, -0.2) is 26.0 Å². The van der Waals surface area contributed by atoms with Crippen molar-refractivity contribution in [2.24, 2.45) is 0 Å². The van der Waals surface area contributed by atoms with Gasteiger partial charge in [-0.2, -0.15) is 0 Å². The first kappa shape index (κ1) is 10.2. The molecule has 0 atom stereocenters. The van der Waals surface area contributed by atoms with Crippen molar-refractivity contribution in [3.8, 4) is 11.4 Å². The van der Waals surface area contributed by atoms with Gasteiger partial charge in [-0.3, -0.25) is 9.78 Å². The Labute approximate surface area is 91.8 Å². The van der Waals surface area contributed by atoms with Crippen LogP contribution in [0.25, 0.3) is 11.4 Å². The van der Waals surface area contributed by atoms with E-state index in [9.17, 15) is 4.79 Å². The zero-order valence-corrected chi connectivity index (χ0v) is 8.37. The number of rotatable bonds is 3. The molecule has 0 aliphatic heterocycles. The SMILES string of the molecule is O=C(O)Cc1cnc(-c2cccnc2)nc1. The van der Waals surface area contributed by atoms with Gasteiger partial charge in [0.05, 0.1) is 6.42 Å². The summed E-state index contributed by atoms with van der Waals surface area (Å²) in [6, 6.07) is 3.64. The molecule has 2 aromatic rings. The smallest absolute Gasteiger partial charge is 0.307 e. The van der Waals surface area contributed by atoms with E-state index in [1.165, 1.54) is 12.4 Å². The summed E-state index contributed by atoms with van der Waals surface area (Å²) in [6.45, 7) is 0. The lowest BCUT2D eigenvalue weighted by molar-refractivity contribution is -0.136. The van der Waals surface area contributed by atoms with Crippen LogP contribution in [0.3, 0.4) is 0 Å². The maximum absolute atomic E-state index is 10.5. The van der Waals surface area contributed by atoms with E-state index in [0.717, 1.165) is 5.56 Å². The molecule has 1 N–H and O–H groups in total. The Hall–Kier alpha value is -2.30. The largest absolute Gasteiger partial charge is 0.481 e. The van der Waals surface area contributed by atoms with Gasteiger partial charge in [-0.1, -0.05) is 0 Å². The van der Waals surface area contributed by atoms with Gasteiger partial charge in [-0.15, -0.1) is 0 Å². The summed E-state index contributed by atoms with van der Waals surface area (Å²) in [4.78, 5) is 22.6. The predicted octanol–water partition coefficient (Wildman–Crippen LogP) is 1.17. The van der Waals surface area contributed by atoms with Crippen molar-refractivity contribution in [2.45, 2.75) is 6.42 Å². The number of aliphatic carboxylic acids is 1.